The van der Waals surface area contributed by atoms with Crippen molar-refractivity contribution >= 4 is 58.6 Å². The molecule has 0 bridgehead atoms. The Hall–Kier alpha value is -4.53. The van der Waals surface area contributed by atoms with Crippen molar-refractivity contribution in [3.63, 3.8) is 0 Å². The Morgan fingerprint density at radius 2 is 1.84 bits per heavy atom. The first kappa shape index (κ1) is 30.9. The van der Waals surface area contributed by atoms with Gasteiger partial charge in [0.2, 0.25) is 17.6 Å². The lowest BCUT2D eigenvalue weighted by Gasteiger charge is -2.32. The smallest absolute Gasteiger partial charge is 0.409 e. The summed E-state index contributed by atoms with van der Waals surface area (Å²) >= 11 is 0. The fraction of sp³-hybridized carbons (Fsp3) is 0.407. The molecule has 1 aromatic carbocycles. The standard InChI is InChI=1S/C27H29B3N8O6/c1-42-22-16(23-34-21(44-36-23)14-37-8-10-38(11-9-37)26(41)43-2)4-3-5-18(22)32-19-12-20(33-24(39)15-6-7-15)31-13-17(19)25(40)35-27(28,29)30/h3-5,12-13,15H,6-11,14H2,1-2H3,(H,35,40)(H2,31,32,33,39). The number of pyridine rings is 1. The molecule has 1 aliphatic heterocycles. The van der Waals surface area contributed by atoms with E-state index in [2.05, 4.69) is 36.0 Å². The van der Waals surface area contributed by atoms with Crippen LogP contribution in [-0.2, 0) is 16.1 Å². The van der Waals surface area contributed by atoms with Gasteiger partial charge >= 0.3 is 6.09 Å². The van der Waals surface area contributed by atoms with Gasteiger partial charge in [-0.05, 0) is 25.0 Å². The average Bonchev–Trinajstić information content (AvgIpc) is 3.75. The highest BCUT2D eigenvalue weighted by molar-refractivity contribution is 6.60. The summed E-state index contributed by atoms with van der Waals surface area (Å²) in [6.07, 6.45) is 2.56. The second kappa shape index (κ2) is 13.0. The van der Waals surface area contributed by atoms with Gasteiger partial charge in [-0.1, -0.05) is 16.5 Å². The van der Waals surface area contributed by atoms with Gasteiger partial charge in [0.25, 0.3) is 5.91 Å². The molecule has 3 amide bonds. The number of carbonyl (C=O) groups is 3. The molecule has 0 atom stereocenters. The number of methoxy groups -OCH3 is 2. The molecule has 5 rings (SSSR count). The van der Waals surface area contributed by atoms with Gasteiger partial charge in [0.05, 0.1) is 66.8 Å². The molecular weight excluding hydrogens is 565 g/mol. The monoisotopic (exact) mass is 594 g/mol. The van der Waals surface area contributed by atoms with Gasteiger partial charge in [-0.3, -0.25) is 14.5 Å². The van der Waals surface area contributed by atoms with Gasteiger partial charge in [-0.25, -0.2) is 9.78 Å². The third-order valence-corrected chi connectivity index (χ3v) is 7.04. The summed E-state index contributed by atoms with van der Waals surface area (Å²) in [7, 11) is 19.6. The van der Waals surface area contributed by atoms with Crippen LogP contribution in [0, 0.1) is 5.92 Å². The largest absolute Gasteiger partial charge is 0.494 e. The van der Waals surface area contributed by atoms with Crippen LogP contribution in [0.1, 0.15) is 29.1 Å². The highest BCUT2D eigenvalue weighted by atomic mass is 16.5. The van der Waals surface area contributed by atoms with Crippen LogP contribution in [0.15, 0.2) is 35.0 Å². The maximum Gasteiger partial charge on any atom is 0.409 e. The van der Waals surface area contributed by atoms with Gasteiger partial charge < -0.3 is 34.8 Å². The van der Waals surface area contributed by atoms with Gasteiger partial charge in [-0.15, -0.1) is 0 Å². The number of para-hydroxylation sites is 1. The maximum atomic E-state index is 13.0. The molecule has 0 unspecified atom stereocenters. The number of carbonyl (C=O) groups excluding carboxylic acids is 3. The summed E-state index contributed by atoms with van der Waals surface area (Å²) in [5, 5.41) is 10.4. The molecule has 17 heteroatoms. The third-order valence-electron chi connectivity index (χ3n) is 7.04. The van der Waals surface area contributed by atoms with Crippen LogP contribution in [0.4, 0.5) is 22.0 Å². The van der Waals surface area contributed by atoms with Crippen LogP contribution in [-0.4, -0.2) is 112 Å². The molecule has 222 valence electrons. The van der Waals surface area contributed by atoms with E-state index in [0.29, 0.717) is 55.6 Å². The molecule has 3 heterocycles. The highest BCUT2D eigenvalue weighted by Gasteiger charge is 2.30. The predicted molar refractivity (Wildman–Crippen MR) is 162 cm³/mol. The van der Waals surface area contributed by atoms with Crippen LogP contribution in [0.5, 0.6) is 5.75 Å². The van der Waals surface area contributed by atoms with Crippen LogP contribution in [0.3, 0.4) is 0 Å². The van der Waals surface area contributed by atoms with E-state index in [1.165, 1.54) is 26.5 Å². The summed E-state index contributed by atoms with van der Waals surface area (Å²) in [6.45, 7) is 2.70. The van der Waals surface area contributed by atoms with E-state index in [4.69, 9.17) is 37.5 Å². The number of ether oxygens (including phenoxy) is 2. The summed E-state index contributed by atoms with van der Waals surface area (Å²) in [5.41, 5.74) is 1.30. The van der Waals surface area contributed by atoms with E-state index in [-0.39, 0.29) is 40.8 Å². The van der Waals surface area contributed by atoms with Crippen LogP contribution < -0.4 is 20.7 Å². The summed E-state index contributed by atoms with van der Waals surface area (Å²) in [4.78, 5) is 49.6. The van der Waals surface area contributed by atoms with Crippen molar-refractivity contribution in [3.05, 3.63) is 41.9 Å². The predicted octanol–water partition coefficient (Wildman–Crippen LogP) is 0.963. The van der Waals surface area contributed by atoms with E-state index in [0.717, 1.165) is 12.8 Å². The Kier molecular flexibility index (Phi) is 9.13. The minimum Gasteiger partial charge on any atom is -0.494 e. The average molecular weight is 594 g/mol. The Bertz CT molecular complexity index is 1540. The number of amides is 3. The fourth-order valence-electron chi connectivity index (χ4n) is 4.66. The van der Waals surface area contributed by atoms with E-state index >= 15 is 0 Å². The molecular formula is C27H29B3N8O6. The number of nitrogens with one attached hydrogen (secondary N) is 3. The Labute approximate surface area is 257 Å². The molecule has 14 nitrogen and oxygen atoms in total. The van der Waals surface area contributed by atoms with Gasteiger partial charge in [-0.2, -0.15) is 4.98 Å². The van der Waals surface area contributed by atoms with E-state index in [9.17, 15) is 14.4 Å². The molecule has 3 aromatic rings. The van der Waals surface area contributed by atoms with Gasteiger partial charge in [0.1, 0.15) is 5.82 Å². The number of benzene rings is 1. The first-order valence-corrected chi connectivity index (χ1v) is 13.9. The van der Waals surface area contributed by atoms with E-state index < -0.39 is 11.1 Å². The molecule has 1 saturated carbocycles. The first-order chi connectivity index (χ1) is 21.0. The van der Waals surface area contributed by atoms with Crippen molar-refractivity contribution in [2.45, 2.75) is 24.6 Å². The van der Waals surface area contributed by atoms with Crippen molar-refractivity contribution < 1.29 is 28.4 Å². The highest BCUT2D eigenvalue weighted by Crippen LogP contribution is 2.38. The van der Waals surface area contributed by atoms with Crippen LogP contribution >= 0.6 is 0 Å². The summed E-state index contributed by atoms with van der Waals surface area (Å²) in [5.74, 6) is 0.392. The van der Waals surface area contributed by atoms with Crippen molar-refractivity contribution in [3.8, 4) is 17.1 Å². The zero-order chi connectivity index (χ0) is 31.4. The molecule has 2 aromatic heterocycles. The third kappa shape index (κ3) is 7.51. The minimum absolute atomic E-state index is 0.0513. The van der Waals surface area contributed by atoms with Gasteiger partial charge in [0, 0.05) is 44.4 Å². The van der Waals surface area contributed by atoms with Gasteiger partial charge in [0.15, 0.2) is 5.75 Å². The molecule has 3 N–H and O–H groups in total. The van der Waals surface area contributed by atoms with Crippen molar-refractivity contribution in [2.24, 2.45) is 5.92 Å². The van der Waals surface area contributed by atoms with Crippen molar-refractivity contribution in [1.29, 1.82) is 0 Å². The molecule has 6 radical (unpaired) electrons. The minimum atomic E-state index is -1.98. The SMILES string of the molecule is [B]C([B])([B])NC(=O)c1cnc(NC(=O)C2CC2)cc1Nc1cccc(-c2noc(CN3CCN(C(=O)OC)CC3)n2)c1OC. The zero-order valence-corrected chi connectivity index (χ0v) is 24.3. The Balaban J connectivity index is 1.37. The maximum absolute atomic E-state index is 13.0. The normalized spacial score (nSPS) is 15.4. The molecule has 2 fully saturated rings. The topological polar surface area (TPSA) is 164 Å². The number of hydrogen-bond donors (Lipinski definition) is 3. The van der Waals surface area contributed by atoms with Crippen LogP contribution in [0.25, 0.3) is 11.4 Å². The Morgan fingerprint density at radius 3 is 2.50 bits per heavy atom. The fourth-order valence-corrected chi connectivity index (χ4v) is 4.66. The molecule has 1 saturated heterocycles. The quantitative estimate of drug-likeness (QED) is 0.287. The molecule has 2 aliphatic rings. The number of piperazine rings is 1. The van der Waals surface area contributed by atoms with E-state index in [1.807, 2.05) is 0 Å². The lowest BCUT2D eigenvalue weighted by molar-refractivity contribution is -0.117. The molecule has 44 heavy (non-hydrogen) atoms. The number of nitrogens with zero attached hydrogens (tertiary/aromatic N) is 5. The second-order valence-corrected chi connectivity index (χ2v) is 10.5. The summed E-state index contributed by atoms with van der Waals surface area (Å²) < 4.78 is 16.1. The zero-order valence-electron chi connectivity index (χ0n) is 24.3. The number of anilines is 3. The van der Waals surface area contributed by atoms with Crippen molar-refractivity contribution in [1.82, 2.24) is 30.2 Å². The number of aromatic nitrogens is 3. The lowest BCUT2D eigenvalue weighted by Crippen LogP contribution is -2.50. The second-order valence-electron chi connectivity index (χ2n) is 10.5. The van der Waals surface area contributed by atoms with E-state index in [1.54, 1.807) is 23.1 Å². The number of rotatable bonds is 10. The molecule has 1 aliphatic carbocycles. The Morgan fingerprint density at radius 1 is 1.09 bits per heavy atom. The number of hydrogen-bond acceptors (Lipinski definition) is 11. The summed E-state index contributed by atoms with van der Waals surface area (Å²) in [6, 6.07) is 6.76. The first-order valence-electron chi connectivity index (χ1n) is 13.9. The van der Waals surface area contributed by atoms with Crippen LogP contribution in [0.2, 0.25) is 0 Å². The lowest BCUT2D eigenvalue weighted by atomic mass is 9.49. The molecule has 0 spiro atoms. The van der Waals surface area contributed by atoms with Crippen molar-refractivity contribution in [2.75, 3.05) is 51.0 Å².